The molecule has 0 aromatic heterocycles. The van der Waals surface area contributed by atoms with E-state index in [1.54, 1.807) is 34.3 Å². The molecule has 6 nitrogen and oxygen atoms in total. The Bertz CT molecular complexity index is 748. The third-order valence-electron chi connectivity index (χ3n) is 5.09. The van der Waals surface area contributed by atoms with Gasteiger partial charge in [-0.05, 0) is 62.5 Å². The summed E-state index contributed by atoms with van der Waals surface area (Å²) >= 11 is 0. The van der Waals surface area contributed by atoms with Crippen molar-refractivity contribution in [1.29, 1.82) is 0 Å². The highest BCUT2D eigenvalue weighted by Gasteiger charge is 2.33. The summed E-state index contributed by atoms with van der Waals surface area (Å²) in [6.07, 6.45) is 3.20. The second-order valence-electron chi connectivity index (χ2n) is 6.81. The molecule has 2 heterocycles. The van der Waals surface area contributed by atoms with E-state index < -0.39 is 10.0 Å². The molecule has 0 radical (unpaired) electrons. The molecule has 8 heteroatoms. The third-order valence-corrected chi connectivity index (χ3v) is 7.04. The first-order valence-electron chi connectivity index (χ1n) is 9.08. The Morgan fingerprint density at radius 1 is 1.31 bits per heavy atom. The molecule has 1 N–H and O–H groups in total. The molecule has 0 unspecified atom stereocenters. The van der Waals surface area contributed by atoms with Crippen LogP contribution in [0.25, 0.3) is 0 Å². The highest BCUT2D eigenvalue weighted by atomic mass is 35.5. The SMILES string of the molecule is CCCN(C1CCNCC1)S(=O)(=O)c1ccc2c(c1)CCN2C(C)=O.Cl. The fourth-order valence-corrected chi connectivity index (χ4v) is 5.64. The van der Waals surface area contributed by atoms with Crippen molar-refractivity contribution in [3.05, 3.63) is 23.8 Å². The lowest BCUT2D eigenvalue weighted by Gasteiger charge is -2.33. The molecule has 1 aromatic carbocycles. The maximum atomic E-state index is 13.3. The zero-order valence-electron chi connectivity index (χ0n) is 15.4. The maximum absolute atomic E-state index is 13.3. The number of hydrogen-bond acceptors (Lipinski definition) is 4. The molecule has 146 valence electrons. The minimum absolute atomic E-state index is 0. The molecule has 0 aliphatic carbocycles. The Balaban J connectivity index is 0.00000243. The molecule has 3 rings (SSSR count). The summed E-state index contributed by atoms with van der Waals surface area (Å²) in [6, 6.07) is 5.26. The Labute approximate surface area is 162 Å². The third kappa shape index (κ3) is 4.06. The molecule has 1 amide bonds. The average Bonchev–Trinajstić information content (AvgIpc) is 3.03. The largest absolute Gasteiger partial charge is 0.317 e. The second-order valence-corrected chi connectivity index (χ2v) is 8.70. The van der Waals surface area contributed by atoms with Crippen LogP contribution in [-0.2, 0) is 21.2 Å². The number of rotatable bonds is 5. The van der Waals surface area contributed by atoms with Crippen LogP contribution in [0.2, 0.25) is 0 Å². The van der Waals surface area contributed by atoms with Gasteiger partial charge in [0, 0.05) is 31.7 Å². The molecule has 1 fully saturated rings. The van der Waals surface area contributed by atoms with Gasteiger partial charge in [0.05, 0.1) is 4.90 Å². The number of fused-ring (bicyclic) bond motifs is 1. The van der Waals surface area contributed by atoms with Gasteiger partial charge in [-0.15, -0.1) is 12.4 Å². The fourth-order valence-electron chi connectivity index (χ4n) is 3.82. The zero-order valence-corrected chi connectivity index (χ0v) is 17.0. The summed E-state index contributed by atoms with van der Waals surface area (Å²) in [6.45, 7) is 6.44. The molecular formula is C18H28ClN3O3S. The van der Waals surface area contributed by atoms with Crippen molar-refractivity contribution in [1.82, 2.24) is 9.62 Å². The second kappa shape index (κ2) is 8.69. The fraction of sp³-hybridized carbons (Fsp3) is 0.611. The van der Waals surface area contributed by atoms with Gasteiger partial charge in [-0.3, -0.25) is 4.79 Å². The topological polar surface area (TPSA) is 69.7 Å². The molecule has 26 heavy (non-hydrogen) atoms. The van der Waals surface area contributed by atoms with Crippen LogP contribution in [0.4, 0.5) is 5.69 Å². The average molecular weight is 402 g/mol. The van der Waals surface area contributed by atoms with Crippen LogP contribution in [0, 0.1) is 0 Å². The number of amides is 1. The zero-order chi connectivity index (χ0) is 18.0. The predicted molar refractivity (Wildman–Crippen MR) is 105 cm³/mol. The van der Waals surface area contributed by atoms with Gasteiger partial charge in [0.15, 0.2) is 0 Å². The smallest absolute Gasteiger partial charge is 0.243 e. The Hall–Kier alpha value is -1.15. The van der Waals surface area contributed by atoms with E-state index in [2.05, 4.69) is 5.32 Å². The number of halogens is 1. The first-order valence-corrected chi connectivity index (χ1v) is 10.5. The van der Waals surface area contributed by atoms with Crippen LogP contribution in [0.5, 0.6) is 0 Å². The first kappa shape index (κ1) is 21.2. The lowest BCUT2D eigenvalue weighted by Crippen LogP contribution is -2.46. The van der Waals surface area contributed by atoms with E-state index in [1.807, 2.05) is 6.92 Å². The highest BCUT2D eigenvalue weighted by molar-refractivity contribution is 7.89. The molecular weight excluding hydrogens is 374 g/mol. The van der Waals surface area contributed by atoms with Crippen LogP contribution in [0.15, 0.2) is 23.1 Å². The van der Waals surface area contributed by atoms with E-state index in [1.165, 1.54) is 0 Å². The van der Waals surface area contributed by atoms with E-state index in [4.69, 9.17) is 0 Å². The number of benzene rings is 1. The number of nitrogens with one attached hydrogen (secondary N) is 1. The molecule has 1 saturated heterocycles. The van der Waals surface area contributed by atoms with Crippen LogP contribution in [-0.4, -0.2) is 50.9 Å². The van der Waals surface area contributed by atoms with E-state index in [9.17, 15) is 13.2 Å². The van der Waals surface area contributed by atoms with Gasteiger partial charge in [0.2, 0.25) is 15.9 Å². The normalized spacial score (nSPS) is 17.9. The van der Waals surface area contributed by atoms with Crippen molar-refractivity contribution in [2.75, 3.05) is 31.1 Å². The molecule has 0 bridgehead atoms. The van der Waals surface area contributed by atoms with Gasteiger partial charge in [-0.2, -0.15) is 4.31 Å². The van der Waals surface area contributed by atoms with Crippen molar-refractivity contribution in [3.63, 3.8) is 0 Å². The van der Waals surface area contributed by atoms with Crippen LogP contribution in [0.1, 0.15) is 38.7 Å². The summed E-state index contributed by atoms with van der Waals surface area (Å²) < 4.78 is 28.2. The minimum atomic E-state index is -3.52. The first-order chi connectivity index (χ1) is 11.9. The van der Waals surface area contributed by atoms with Crippen molar-refractivity contribution in [2.24, 2.45) is 0 Å². The van der Waals surface area contributed by atoms with Crippen molar-refractivity contribution < 1.29 is 13.2 Å². The van der Waals surface area contributed by atoms with Gasteiger partial charge in [0.1, 0.15) is 0 Å². The molecule has 2 aliphatic heterocycles. The number of carbonyl (C=O) groups is 1. The van der Waals surface area contributed by atoms with Gasteiger partial charge in [-0.25, -0.2) is 8.42 Å². The quantitative estimate of drug-likeness (QED) is 0.820. The molecule has 0 atom stereocenters. The summed E-state index contributed by atoms with van der Waals surface area (Å²) in [4.78, 5) is 13.7. The lowest BCUT2D eigenvalue weighted by molar-refractivity contribution is -0.116. The molecule has 2 aliphatic rings. The Morgan fingerprint density at radius 2 is 2.00 bits per heavy atom. The molecule has 0 spiro atoms. The standard InChI is InChI=1S/C18H27N3O3S.ClH/c1-3-11-21(16-6-9-19-10-7-16)25(23,24)17-4-5-18-15(13-17)8-12-20(18)14(2)22;/h4-5,13,16,19H,3,6-12H2,1-2H3;1H. The molecule has 1 aromatic rings. The van der Waals surface area contributed by atoms with E-state index in [0.717, 1.165) is 43.6 Å². The predicted octanol–water partition coefficient (Wildman–Crippen LogP) is 2.17. The van der Waals surface area contributed by atoms with Crippen LogP contribution < -0.4 is 10.2 Å². The monoisotopic (exact) mass is 401 g/mol. The number of carbonyl (C=O) groups excluding carboxylic acids is 1. The minimum Gasteiger partial charge on any atom is -0.317 e. The van der Waals surface area contributed by atoms with Gasteiger partial charge < -0.3 is 10.2 Å². The number of anilines is 1. The summed E-state index contributed by atoms with van der Waals surface area (Å²) in [5.74, 6) is -0.00308. The lowest BCUT2D eigenvalue weighted by atomic mass is 10.1. The number of hydrogen-bond donors (Lipinski definition) is 1. The van der Waals surface area contributed by atoms with E-state index in [-0.39, 0.29) is 24.4 Å². The van der Waals surface area contributed by atoms with Crippen molar-refractivity contribution >= 4 is 34.0 Å². The number of sulfonamides is 1. The molecule has 0 saturated carbocycles. The maximum Gasteiger partial charge on any atom is 0.243 e. The van der Waals surface area contributed by atoms with Gasteiger partial charge >= 0.3 is 0 Å². The summed E-state index contributed by atoms with van der Waals surface area (Å²) in [5.41, 5.74) is 1.79. The number of piperidine rings is 1. The van der Waals surface area contributed by atoms with Crippen molar-refractivity contribution in [3.8, 4) is 0 Å². The van der Waals surface area contributed by atoms with Crippen LogP contribution >= 0.6 is 12.4 Å². The van der Waals surface area contributed by atoms with E-state index >= 15 is 0 Å². The Morgan fingerprint density at radius 3 is 2.62 bits per heavy atom. The van der Waals surface area contributed by atoms with Gasteiger partial charge in [-0.1, -0.05) is 6.92 Å². The van der Waals surface area contributed by atoms with Crippen LogP contribution in [0.3, 0.4) is 0 Å². The summed E-state index contributed by atoms with van der Waals surface area (Å²) in [5, 5.41) is 3.29. The van der Waals surface area contributed by atoms with E-state index in [0.29, 0.717) is 24.4 Å². The Kier molecular flexibility index (Phi) is 7.07. The summed E-state index contributed by atoms with van der Waals surface area (Å²) in [7, 11) is -3.52. The van der Waals surface area contributed by atoms with Crippen molar-refractivity contribution in [2.45, 2.75) is 50.5 Å². The highest BCUT2D eigenvalue weighted by Crippen LogP contribution is 2.32. The number of nitrogens with zero attached hydrogens (tertiary/aromatic N) is 2. The van der Waals surface area contributed by atoms with Gasteiger partial charge in [0.25, 0.3) is 0 Å².